The smallest absolute Gasteiger partial charge is 0.252 e. The monoisotopic (exact) mass is 414 g/mol. The van der Waals surface area contributed by atoms with E-state index in [9.17, 15) is 14.7 Å². The van der Waals surface area contributed by atoms with E-state index in [1.807, 2.05) is 43.9 Å². The fraction of sp³-hybridized carbons (Fsp3) is 0.667. The number of aliphatic hydroxyl groups is 1. The van der Waals surface area contributed by atoms with Gasteiger partial charge in [0.25, 0.3) is 5.91 Å². The number of ether oxygens (including phenoxy) is 1. The third-order valence-electron chi connectivity index (χ3n) is 7.74. The highest BCUT2D eigenvalue weighted by atomic mass is 16.5. The van der Waals surface area contributed by atoms with Crippen molar-refractivity contribution in [3.63, 3.8) is 0 Å². The molecule has 1 aromatic rings. The van der Waals surface area contributed by atoms with Crippen LogP contribution in [0.4, 0.5) is 0 Å². The van der Waals surface area contributed by atoms with E-state index >= 15 is 0 Å². The van der Waals surface area contributed by atoms with E-state index in [0.717, 1.165) is 30.4 Å². The lowest BCUT2D eigenvalue weighted by atomic mass is 9.72. The number of carbonyl (C=O) groups is 2. The van der Waals surface area contributed by atoms with Gasteiger partial charge in [0.05, 0.1) is 11.1 Å². The Morgan fingerprint density at radius 1 is 1.17 bits per heavy atom. The molecule has 1 aliphatic carbocycles. The number of nitrogens with zero attached hydrogens (tertiary/aromatic N) is 1. The number of piperidine rings is 1. The molecule has 0 unspecified atom stereocenters. The van der Waals surface area contributed by atoms with Crippen molar-refractivity contribution in [1.29, 1.82) is 0 Å². The van der Waals surface area contributed by atoms with Crippen molar-refractivity contribution < 1.29 is 19.4 Å². The number of likely N-dealkylation sites (tertiary alicyclic amines) is 1. The third kappa shape index (κ3) is 3.65. The van der Waals surface area contributed by atoms with Gasteiger partial charge in [0, 0.05) is 31.2 Å². The molecule has 2 N–H and O–H groups in total. The van der Waals surface area contributed by atoms with Gasteiger partial charge in [-0.3, -0.25) is 9.59 Å². The molecule has 2 atom stereocenters. The van der Waals surface area contributed by atoms with Crippen LogP contribution in [0.2, 0.25) is 0 Å². The summed E-state index contributed by atoms with van der Waals surface area (Å²) in [4.78, 5) is 27.6. The zero-order chi connectivity index (χ0) is 21.5. The van der Waals surface area contributed by atoms with Crippen LogP contribution < -0.4 is 5.32 Å². The summed E-state index contributed by atoms with van der Waals surface area (Å²) in [5.74, 6) is 0.290. The van der Waals surface area contributed by atoms with Gasteiger partial charge < -0.3 is 20.1 Å². The minimum atomic E-state index is -0.825. The molecule has 2 aliphatic heterocycles. The Balaban J connectivity index is 1.46. The Bertz CT molecular complexity index is 826. The number of rotatable bonds is 3. The zero-order valence-electron chi connectivity index (χ0n) is 18.4. The zero-order valence-corrected chi connectivity index (χ0v) is 18.4. The minimum absolute atomic E-state index is 0.160. The molecule has 3 aliphatic rings. The summed E-state index contributed by atoms with van der Waals surface area (Å²) in [6.45, 7) is 7.54. The highest BCUT2D eigenvalue weighted by Gasteiger charge is 2.54. The molecule has 6 nitrogen and oxygen atoms in total. The highest BCUT2D eigenvalue weighted by Crippen LogP contribution is 2.41. The van der Waals surface area contributed by atoms with Crippen molar-refractivity contribution in [2.75, 3.05) is 19.7 Å². The van der Waals surface area contributed by atoms with Crippen molar-refractivity contribution in [1.82, 2.24) is 10.2 Å². The van der Waals surface area contributed by atoms with E-state index in [1.165, 1.54) is 0 Å². The van der Waals surface area contributed by atoms with Gasteiger partial charge >= 0.3 is 0 Å². The maximum Gasteiger partial charge on any atom is 0.252 e. The van der Waals surface area contributed by atoms with Crippen molar-refractivity contribution in [2.45, 2.75) is 76.5 Å². The SMILES string of the molecule is Cc1cccc(C(=O)N[C@]2(C)CCOC3(CCN(C(=O)C4CCC4)CC3)[C@H]2O)c1C. The fourth-order valence-electron chi connectivity index (χ4n) is 5.15. The molecule has 4 rings (SSSR count). The van der Waals surface area contributed by atoms with Crippen molar-refractivity contribution >= 4 is 11.8 Å². The summed E-state index contributed by atoms with van der Waals surface area (Å²) in [6.07, 6.45) is 4.08. The Hall–Kier alpha value is -1.92. The highest BCUT2D eigenvalue weighted by molar-refractivity contribution is 5.96. The molecular formula is C24H34N2O4. The van der Waals surface area contributed by atoms with Gasteiger partial charge in [0.15, 0.2) is 0 Å². The summed E-state index contributed by atoms with van der Waals surface area (Å²) in [7, 11) is 0. The Morgan fingerprint density at radius 3 is 2.50 bits per heavy atom. The van der Waals surface area contributed by atoms with E-state index in [1.54, 1.807) is 0 Å². The van der Waals surface area contributed by atoms with E-state index < -0.39 is 17.2 Å². The molecule has 1 saturated carbocycles. The summed E-state index contributed by atoms with van der Waals surface area (Å²) in [6, 6.07) is 5.70. The molecule has 6 heteroatoms. The van der Waals surface area contributed by atoms with Crippen LogP contribution in [-0.4, -0.2) is 58.8 Å². The molecule has 0 bridgehead atoms. The lowest BCUT2D eigenvalue weighted by molar-refractivity contribution is -0.206. The van der Waals surface area contributed by atoms with Crippen LogP contribution in [0.3, 0.4) is 0 Å². The van der Waals surface area contributed by atoms with Crippen molar-refractivity contribution in [3.05, 3.63) is 34.9 Å². The fourth-order valence-corrected chi connectivity index (χ4v) is 5.15. The molecular weight excluding hydrogens is 380 g/mol. The largest absolute Gasteiger partial charge is 0.388 e. The second-order valence-corrected chi connectivity index (χ2v) is 9.64. The number of benzene rings is 1. The van der Waals surface area contributed by atoms with Crippen LogP contribution in [0, 0.1) is 19.8 Å². The topological polar surface area (TPSA) is 78.9 Å². The first-order chi connectivity index (χ1) is 14.3. The van der Waals surface area contributed by atoms with E-state index in [-0.39, 0.29) is 17.7 Å². The maximum atomic E-state index is 13.0. The van der Waals surface area contributed by atoms with Gasteiger partial charge in [-0.15, -0.1) is 0 Å². The second-order valence-electron chi connectivity index (χ2n) is 9.64. The van der Waals surface area contributed by atoms with Gasteiger partial charge in [0.1, 0.15) is 6.10 Å². The van der Waals surface area contributed by atoms with Crippen LogP contribution in [0.25, 0.3) is 0 Å². The molecule has 0 aromatic heterocycles. The molecule has 2 saturated heterocycles. The number of hydrogen-bond donors (Lipinski definition) is 2. The third-order valence-corrected chi connectivity index (χ3v) is 7.74. The first kappa shape index (κ1) is 21.3. The van der Waals surface area contributed by atoms with E-state index in [0.29, 0.717) is 44.5 Å². The first-order valence-corrected chi connectivity index (χ1v) is 11.3. The predicted octanol–water partition coefficient (Wildman–Crippen LogP) is 2.73. The molecule has 3 fully saturated rings. The van der Waals surface area contributed by atoms with Gasteiger partial charge in [-0.25, -0.2) is 0 Å². The van der Waals surface area contributed by atoms with E-state index in [2.05, 4.69) is 5.32 Å². The number of carbonyl (C=O) groups excluding carboxylic acids is 2. The first-order valence-electron chi connectivity index (χ1n) is 11.3. The summed E-state index contributed by atoms with van der Waals surface area (Å²) >= 11 is 0. The van der Waals surface area contributed by atoms with Gasteiger partial charge in [-0.1, -0.05) is 18.6 Å². The lowest BCUT2D eigenvalue weighted by Gasteiger charge is -2.54. The molecule has 2 heterocycles. The number of amides is 2. The molecule has 0 radical (unpaired) electrons. The van der Waals surface area contributed by atoms with Crippen LogP contribution in [0.5, 0.6) is 0 Å². The molecule has 164 valence electrons. The number of hydrogen-bond acceptors (Lipinski definition) is 4. The van der Waals surface area contributed by atoms with Gasteiger partial charge in [-0.2, -0.15) is 0 Å². The quantitative estimate of drug-likeness (QED) is 0.797. The Labute approximate surface area is 179 Å². The molecule has 30 heavy (non-hydrogen) atoms. The minimum Gasteiger partial charge on any atom is -0.388 e. The van der Waals surface area contributed by atoms with Gasteiger partial charge in [-0.05, 0) is 70.1 Å². The van der Waals surface area contributed by atoms with Gasteiger partial charge in [0.2, 0.25) is 5.91 Å². The van der Waals surface area contributed by atoms with Crippen molar-refractivity contribution in [2.24, 2.45) is 5.92 Å². The summed E-state index contributed by atoms with van der Waals surface area (Å²) < 4.78 is 6.13. The Morgan fingerprint density at radius 2 is 1.87 bits per heavy atom. The van der Waals surface area contributed by atoms with Crippen LogP contribution in [-0.2, 0) is 9.53 Å². The Kier molecular flexibility index (Phi) is 5.66. The summed E-state index contributed by atoms with van der Waals surface area (Å²) in [5.41, 5.74) is 1.19. The number of aliphatic hydroxyl groups excluding tert-OH is 1. The number of aryl methyl sites for hydroxylation is 1. The van der Waals surface area contributed by atoms with Crippen LogP contribution >= 0.6 is 0 Å². The van der Waals surface area contributed by atoms with Crippen molar-refractivity contribution in [3.8, 4) is 0 Å². The molecule has 2 amide bonds. The standard InChI is InChI=1S/C24H34N2O4/c1-16-6-4-9-19(17(16)2)20(27)25-23(3)12-15-30-24(22(23)29)10-13-26(14-11-24)21(28)18-7-5-8-18/h4,6,9,18,22,29H,5,7-8,10-15H2,1-3H3,(H,25,27)/t22-,23+/m0/s1. The van der Waals surface area contributed by atoms with Crippen LogP contribution in [0.1, 0.15) is 66.9 Å². The molecule has 1 aromatic carbocycles. The maximum absolute atomic E-state index is 13.0. The van der Waals surface area contributed by atoms with E-state index in [4.69, 9.17) is 4.74 Å². The average molecular weight is 415 g/mol. The summed E-state index contributed by atoms with van der Waals surface area (Å²) in [5, 5.41) is 14.5. The van der Waals surface area contributed by atoms with Crippen LogP contribution in [0.15, 0.2) is 18.2 Å². The lowest BCUT2D eigenvalue weighted by Crippen LogP contribution is -2.69. The second kappa shape index (κ2) is 7.97. The normalized spacial score (nSPS) is 28.8. The number of nitrogens with one attached hydrogen (secondary N) is 1. The average Bonchev–Trinajstić information content (AvgIpc) is 2.67. The molecule has 1 spiro atoms. The predicted molar refractivity (Wildman–Crippen MR) is 114 cm³/mol.